The topological polar surface area (TPSA) is 32.3 Å². The van der Waals surface area contributed by atoms with Gasteiger partial charge in [0.25, 0.3) is 0 Å². The van der Waals surface area contributed by atoms with E-state index in [1.165, 1.54) is 6.07 Å². The third-order valence-corrected chi connectivity index (χ3v) is 4.24. The Labute approximate surface area is 155 Å². The Morgan fingerprint density at radius 3 is 2.46 bits per heavy atom. The Bertz CT molecular complexity index is 735. The highest BCUT2D eigenvalue weighted by Gasteiger charge is 2.33. The highest BCUT2D eigenvalue weighted by molar-refractivity contribution is 6.31. The van der Waals surface area contributed by atoms with Crippen molar-refractivity contribution in [3.05, 3.63) is 64.7 Å². The number of nitrogens with one attached hydrogen (secondary N) is 1. The summed E-state index contributed by atoms with van der Waals surface area (Å²) in [6, 6.07) is 13.2. The SMILES string of the molecule is CCN(CCC(=O)Nc1ccc(Cl)c(C(F)(F)F)c1)Cc1ccccc1. The number of alkyl halides is 3. The van der Waals surface area contributed by atoms with Gasteiger partial charge < -0.3 is 5.32 Å². The summed E-state index contributed by atoms with van der Waals surface area (Å²) in [7, 11) is 0. The van der Waals surface area contributed by atoms with Crippen LogP contribution in [-0.2, 0) is 17.5 Å². The molecule has 7 heteroatoms. The number of amides is 1. The number of carbonyl (C=O) groups is 1. The summed E-state index contributed by atoms with van der Waals surface area (Å²) < 4.78 is 38.6. The maximum atomic E-state index is 12.9. The number of hydrogen-bond donors (Lipinski definition) is 1. The van der Waals surface area contributed by atoms with Gasteiger partial charge >= 0.3 is 6.18 Å². The molecule has 2 aromatic rings. The lowest BCUT2D eigenvalue weighted by Crippen LogP contribution is -2.27. The molecular formula is C19H20ClF3N2O. The van der Waals surface area contributed by atoms with Crippen LogP contribution in [0.1, 0.15) is 24.5 Å². The van der Waals surface area contributed by atoms with E-state index in [9.17, 15) is 18.0 Å². The van der Waals surface area contributed by atoms with Crippen molar-refractivity contribution in [2.45, 2.75) is 26.1 Å². The molecule has 0 radical (unpaired) electrons. The predicted octanol–water partition coefficient (Wildman–Crippen LogP) is 5.21. The van der Waals surface area contributed by atoms with E-state index < -0.39 is 16.8 Å². The molecule has 140 valence electrons. The largest absolute Gasteiger partial charge is 0.417 e. The molecule has 0 unspecified atom stereocenters. The third kappa shape index (κ3) is 6.04. The van der Waals surface area contributed by atoms with Crippen molar-refractivity contribution in [3.63, 3.8) is 0 Å². The molecule has 0 aromatic heterocycles. The van der Waals surface area contributed by atoms with E-state index in [1.54, 1.807) is 0 Å². The Kier molecular flexibility index (Phi) is 7.06. The second-order valence-corrected chi connectivity index (χ2v) is 6.25. The lowest BCUT2D eigenvalue weighted by Gasteiger charge is -2.20. The zero-order valence-electron chi connectivity index (χ0n) is 14.3. The smallest absolute Gasteiger partial charge is 0.326 e. The van der Waals surface area contributed by atoms with Gasteiger partial charge in [0, 0.05) is 25.2 Å². The van der Waals surface area contributed by atoms with E-state index >= 15 is 0 Å². The summed E-state index contributed by atoms with van der Waals surface area (Å²) in [6.45, 7) is 3.98. The van der Waals surface area contributed by atoms with Gasteiger partial charge in [-0.3, -0.25) is 9.69 Å². The minimum absolute atomic E-state index is 0.0813. The van der Waals surface area contributed by atoms with Crippen LogP contribution in [0.25, 0.3) is 0 Å². The normalized spacial score (nSPS) is 11.6. The first kappa shape index (κ1) is 20.3. The molecule has 0 aliphatic rings. The first-order valence-corrected chi connectivity index (χ1v) is 8.60. The first-order valence-electron chi connectivity index (χ1n) is 8.22. The van der Waals surface area contributed by atoms with Gasteiger partial charge in [-0.2, -0.15) is 13.2 Å². The minimum atomic E-state index is -4.56. The molecule has 0 saturated heterocycles. The van der Waals surface area contributed by atoms with Crippen molar-refractivity contribution < 1.29 is 18.0 Å². The van der Waals surface area contributed by atoms with E-state index in [0.29, 0.717) is 13.1 Å². The van der Waals surface area contributed by atoms with Gasteiger partial charge in [-0.25, -0.2) is 0 Å². The molecule has 1 N–H and O–H groups in total. The van der Waals surface area contributed by atoms with Crippen LogP contribution in [0.2, 0.25) is 5.02 Å². The number of anilines is 1. The number of rotatable bonds is 7. The summed E-state index contributed by atoms with van der Waals surface area (Å²) in [4.78, 5) is 14.2. The van der Waals surface area contributed by atoms with Crippen LogP contribution in [-0.4, -0.2) is 23.9 Å². The summed E-state index contributed by atoms with van der Waals surface area (Å²) in [5.41, 5.74) is 0.261. The van der Waals surface area contributed by atoms with Crippen LogP contribution in [0.3, 0.4) is 0 Å². The van der Waals surface area contributed by atoms with Crippen molar-refractivity contribution in [1.29, 1.82) is 0 Å². The zero-order chi connectivity index (χ0) is 19.2. The quantitative estimate of drug-likeness (QED) is 0.710. The molecule has 0 heterocycles. The highest BCUT2D eigenvalue weighted by atomic mass is 35.5. The van der Waals surface area contributed by atoms with E-state index in [0.717, 1.165) is 24.2 Å². The molecule has 0 aliphatic carbocycles. The molecular weight excluding hydrogens is 365 g/mol. The fourth-order valence-corrected chi connectivity index (χ4v) is 2.72. The second kappa shape index (κ2) is 9.05. The van der Waals surface area contributed by atoms with Crippen molar-refractivity contribution >= 4 is 23.2 Å². The Balaban J connectivity index is 1.92. The number of carbonyl (C=O) groups excluding carboxylic acids is 1. The highest BCUT2D eigenvalue weighted by Crippen LogP contribution is 2.36. The van der Waals surface area contributed by atoms with Crippen LogP contribution < -0.4 is 5.32 Å². The van der Waals surface area contributed by atoms with E-state index in [-0.39, 0.29) is 18.0 Å². The fraction of sp³-hybridized carbons (Fsp3) is 0.316. The summed E-state index contributed by atoms with van der Waals surface area (Å²) in [5, 5.41) is 2.11. The Hall–Kier alpha value is -2.05. The molecule has 3 nitrogen and oxygen atoms in total. The van der Waals surface area contributed by atoms with Crippen molar-refractivity contribution in [2.75, 3.05) is 18.4 Å². The van der Waals surface area contributed by atoms with E-state index in [4.69, 9.17) is 11.6 Å². The molecule has 2 aromatic carbocycles. The average Bonchev–Trinajstić information content (AvgIpc) is 2.60. The predicted molar refractivity (Wildman–Crippen MR) is 97.1 cm³/mol. The molecule has 0 aliphatic heterocycles. The Morgan fingerprint density at radius 2 is 1.85 bits per heavy atom. The molecule has 0 bridgehead atoms. The molecule has 0 fully saturated rings. The fourth-order valence-electron chi connectivity index (χ4n) is 2.49. The number of benzene rings is 2. The average molecular weight is 385 g/mol. The number of halogens is 4. The lowest BCUT2D eigenvalue weighted by atomic mass is 10.2. The van der Waals surface area contributed by atoms with Gasteiger partial charge in [0.15, 0.2) is 0 Å². The summed E-state index contributed by atoms with van der Waals surface area (Å²) in [6.07, 6.45) is -4.38. The summed E-state index contributed by atoms with van der Waals surface area (Å²) in [5.74, 6) is -0.341. The van der Waals surface area contributed by atoms with Crippen LogP contribution in [0.5, 0.6) is 0 Å². The molecule has 26 heavy (non-hydrogen) atoms. The molecule has 0 spiro atoms. The Morgan fingerprint density at radius 1 is 1.15 bits per heavy atom. The van der Waals surface area contributed by atoms with Crippen LogP contribution in [0, 0.1) is 0 Å². The van der Waals surface area contributed by atoms with Gasteiger partial charge in [-0.1, -0.05) is 48.9 Å². The molecule has 0 atom stereocenters. The van der Waals surface area contributed by atoms with Gasteiger partial charge in [0.2, 0.25) is 5.91 Å². The maximum Gasteiger partial charge on any atom is 0.417 e. The molecule has 2 rings (SSSR count). The van der Waals surface area contributed by atoms with Crippen molar-refractivity contribution in [2.24, 2.45) is 0 Å². The second-order valence-electron chi connectivity index (χ2n) is 5.84. The van der Waals surface area contributed by atoms with Gasteiger partial charge in [-0.15, -0.1) is 0 Å². The monoisotopic (exact) mass is 384 g/mol. The number of nitrogens with zero attached hydrogens (tertiary/aromatic N) is 1. The minimum Gasteiger partial charge on any atom is -0.326 e. The van der Waals surface area contributed by atoms with Crippen LogP contribution in [0.4, 0.5) is 18.9 Å². The first-order chi connectivity index (χ1) is 12.3. The van der Waals surface area contributed by atoms with Gasteiger partial charge in [0.05, 0.1) is 10.6 Å². The van der Waals surface area contributed by atoms with Crippen molar-refractivity contribution in [3.8, 4) is 0 Å². The molecule has 1 amide bonds. The zero-order valence-corrected chi connectivity index (χ0v) is 15.1. The van der Waals surface area contributed by atoms with Gasteiger partial charge in [0.1, 0.15) is 0 Å². The van der Waals surface area contributed by atoms with Crippen LogP contribution >= 0.6 is 11.6 Å². The number of hydrogen-bond acceptors (Lipinski definition) is 2. The van der Waals surface area contributed by atoms with E-state index in [2.05, 4.69) is 10.2 Å². The maximum absolute atomic E-state index is 12.9. The lowest BCUT2D eigenvalue weighted by molar-refractivity contribution is -0.137. The standard InChI is InChI=1S/C19H20ClF3N2O/c1-2-25(13-14-6-4-3-5-7-14)11-10-18(26)24-15-8-9-17(20)16(12-15)19(21,22)23/h3-9,12H,2,10-11,13H2,1H3,(H,24,26). The van der Waals surface area contributed by atoms with Crippen LogP contribution in [0.15, 0.2) is 48.5 Å². The van der Waals surface area contributed by atoms with Gasteiger partial charge in [-0.05, 0) is 30.3 Å². The van der Waals surface area contributed by atoms with Crippen molar-refractivity contribution in [1.82, 2.24) is 4.90 Å². The third-order valence-electron chi connectivity index (χ3n) is 3.91. The molecule has 0 saturated carbocycles. The summed E-state index contributed by atoms with van der Waals surface area (Å²) >= 11 is 5.58. The van der Waals surface area contributed by atoms with E-state index in [1.807, 2.05) is 37.3 Å².